The predicted octanol–water partition coefficient (Wildman–Crippen LogP) is 2.65. The van der Waals surface area contributed by atoms with Gasteiger partial charge in [0.1, 0.15) is 0 Å². The highest BCUT2D eigenvalue weighted by Gasteiger charge is 2.07. The van der Waals surface area contributed by atoms with Crippen LogP contribution < -0.4 is 5.32 Å². The van der Waals surface area contributed by atoms with Gasteiger partial charge in [-0.25, -0.2) is 0 Å². The van der Waals surface area contributed by atoms with Gasteiger partial charge < -0.3 is 14.8 Å². The molecule has 1 rings (SSSR count). The van der Waals surface area contributed by atoms with Crippen LogP contribution >= 0.6 is 11.6 Å². The number of ether oxygens (including phenoxy) is 2. The summed E-state index contributed by atoms with van der Waals surface area (Å²) in [6.45, 7) is 4.85. The van der Waals surface area contributed by atoms with E-state index in [1.165, 1.54) is 0 Å². The zero-order chi connectivity index (χ0) is 12.5. The minimum absolute atomic E-state index is 0.231. The van der Waals surface area contributed by atoms with Crippen molar-refractivity contribution < 1.29 is 9.47 Å². The fourth-order valence-corrected chi connectivity index (χ4v) is 1.83. The number of halogens is 1. The van der Waals surface area contributed by atoms with E-state index in [9.17, 15) is 0 Å². The maximum Gasteiger partial charge on any atom is 0.0700 e. The quantitative estimate of drug-likeness (QED) is 0.727. The fraction of sp³-hybridized carbons (Fsp3) is 0.538. The molecule has 0 saturated heterocycles. The largest absolute Gasteiger partial charge is 0.382 e. The van der Waals surface area contributed by atoms with Crippen LogP contribution in [0.2, 0.25) is 5.02 Å². The average Bonchev–Trinajstić information content (AvgIpc) is 2.34. The zero-order valence-electron chi connectivity index (χ0n) is 10.4. The second kappa shape index (κ2) is 8.48. The van der Waals surface area contributed by atoms with Gasteiger partial charge in [-0.15, -0.1) is 0 Å². The Kier molecular flexibility index (Phi) is 7.21. The van der Waals surface area contributed by atoms with Crippen molar-refractivity contribution in [3.63, 3.8) is 0 Å². The molecule has 0 aromatic heterocycles. The van der Waals surface area contributed by atoms with E-state index in [-0.39, 0.29) is 6.04 Å². The number of rotatable bonds is 8. The molecule has 1 aromatic rings. The van der Waals surface area contributed by atoms with Crippen LogP contribution in [0.15, 0.2) is 24.3 Å². The molecule has 0 saturated carbocycles. The number of hydrogen-bond donors (Lipinski definition) is 1. The van der Waals surface area contributed by atoms with Crippen LogP contribution in [0.5, 0.6) is 0 Å². The van der Waals surface area contributed by atoms with Crippen molar-refractivity contribution in [1.82, 2.24) is 5.32 Å². The predicted molar refractivity (Wildman–Crippen MR) is 70.6 cm³/mol. The van der Waals surface area contributed by atoms with Crippen LogP contribution in [0.1, 0.15) is 18.5 Å². The van der Waals surface area contributed by atoms with Crippen molar-refractivity contribution in [3.8, 4) is 0 Å². The van der Waals surface area contributed by atoms with Crippen molar-refractivity contribution >= 4 is 11.6 Å². The Morgan fingerprint density at radius 2 is 2.00 bits per heavy atom. The normalized spacial score (nSPS) is 12.6. The first-order valence-electron chi connectivity index (χ1n) is 5.80. The van der Waals surface area contributed by atoms with Gasteiger partial charge in [0.25, 0.3) is 0 Å². The first-order chi connectivity index (χ1) is 8.25. The molecule has 17 heavy (non-hydrogen) atoms. The molecule has 0 spiro atoms. The summed E-state index contributed by atoms with van der Waals surface area (Å²) in [6.07, 6.45) is 0. The lowest BCUT2D eigenvalue weighted by molar-refractivity contribution is 0.0712. The summed E-state index contributed by atoms with van der Waals surface area (Å²) in [5.74, 6) is 0. The zero-order valence-corrected chi connectivity index (χ0v) is 11.2. The molecular formula is C13H20ClNO2. The van der Waals surface area contributed by atoms with Crippen LogP contribution in [0.4, 0.5) is 0 Å². The molecular weight excluding hydrogens is 238 g/mol. The van der Waals surface area contributed by atoms with E-state index in [1.807, 2.05) is 24.3 Å². The molecule has 4 heteroatoms. The molecule has 3 nitrogen and oxygen atoms in total. The molecule has 0 radical (unpaired) electrons. The standard InChI is InChI=1S/C13H20ClNO2/c1-11(12-5-3-4-6-13(12)14)15-7-8-17-10-9-16-2/h3-6,11,15H,7-10H2,1-2H3/t11-/m0/s1. The lowest BCUT2D eigenvalue weighted by Crippen LogP contribution is -2.24. The molecule has 0 fully saturated rings. The summed E-state index contributed by atoms with van der Waals surface area (Å²) in [7, 11) is 1.67. The Labute approximate surface area is 108 Å². The summed E-state index contributed by atoms with van der Waals surface area (Å²) in [6, 6.07) is 8.10. The molecule has 0 amide bonds. The van der Waals surface area contributed by atoms with E-state index in [4.69, 9.17) is 21.1 Å². The average molecular weight is 258 g/mol. The second-order valence-electron chi connectivity index (χ2n) is 3.80. The van der Waals surface area contributed by atoms with E-state index in [0.29, 0.717) is 19.8 Å². The number of hydrogen-bond acceptors (Lipinski definition) is 3. The minimum Gasteiger partial charge on any atom is -0.382 e. The molecule has 1 aromatic carbocycles. The van der Waals surface area contributed by atoms with Crippen LogP contribution in [-0.2, 0) is 9.47 Å². The maximum absolute atomic E-state index is 6.11. The van der Waals surface area contributed by atoms with Gasteiger partial charge >= 0.3 is 0 Å². The first kappa shape index (κ1) is 14.5. The van der Waals surface area contributed by atoms with Crippen molar-refractivity contribution in [2.24, 2.45) is 0 Å². The molecule has 0 unspecified atom stereocenters. The highest BCUT2D eigenvalue weighted by molar-refractivity contribution is 6.31. The van der Waals surface area contributed by atoms with Crippen LogP contribution in [0.25, 0.3) is 0 Å². The van der Waals surface area contributed by atoms with E-state index >= 15 is 0 Å². The maximum atomic E-state index is 6.11. The molecule has 1 N–H and O–H groups in total. The van der Waals surface area contributed by atoms with Gasteiger partial charge in [0, 0.05) is 24.7 Å². The topological polar surface area (TPSA) is 30.5 Å². The van der Waals surface area contributed by atoms with Gasteiger partial charge in [-0.1, -0.05) is 29.8 Å². The minimum atomic E-state index is 0.231. The van der Waals surface area contributed by atoms with Crippen molar-refractivity contribution in [3.05, 3.63) is 34.9 Å². The lowest BCUT2D eigenvalue weighted by Gasteiger charge is -2.15. The molecule has 0 aliphatic rings. The van der Waals surface area contributed by atoms with Gasteiger partial charge in [-0.05, 0) is 18.6 Å². The van der Waals surface area contributed by atoms with E-state index < -0.39 is 0 Å². The SMILES string of the molecule is COCCOCCN[C@@H](C)c1ccccc1Cl. The third kappa shape index (κ3) is 5.50. The molecule has 0 aliphatic carbocycles. The van der Waals surface area contributed by atoms with Crippen LogP contribution in [0, 0.1) is 0 Å². The van der Waals surface area contributed by atoms with E-state index in [1.54, 1.807) is 7.11 Å². The van der Waals surface area contributed by atoms with Gasteiger partial charge in [0.05, 0.1) is 19.8 Å². The third-order valence-corrected chi connectivity index (χ3v) is 2.84. The van der Waals surface area contributed by atoms with E-state index in [0.717, 1.165) is 17.1 Å². The monoisotopic (exact) mass is 257 g/mol. The Morgan fingerprint density at radius 3 is 2.71 bits per heavy atom. The Balaban J connectivity index is 2.21. The molecule has 1 atom stereocenters. The van der Waals surface area contributed by atoms with Crippen molar-refractivity contribution in [2.75, 3.05) is 33.5 Å². The molecule has 0 heterocycles. The van der Waals surface area contributed by atoms with Crippen molar-refractivity contribution in [2.45, 2.75) is 13.0 Å². The van der Waals surface area contributed by atoms with Gasteiger partial charge in [-0.3, -0.25) is 0 Å². The summed E-state index contributed by atoms with van der Waals surface area (Å²) >= 11 is 6.11. The first-order valence-corrected chi connectivity index (χ1v) is 6.18. The molecule has 96 valence electrons. The summed E-state index contributed by atoms with van der Waals surface area (Å²) < 4.78 is 10.3. The van der Waals surface area contributed by atoms with Crippen LogP contribution in [0.3, 0.4) is 0 Å². The van der Waals surface area contributed by atoms with Gasteiger partial charge in [-0.2, -0.15) is 0 Å². The summed E-state index contributed by atoms with van der Waals surface area (Å²) in [5.41, 5.74) is 1.12. The highest BCUT2D eigenvalue weighted by Crippen LogP contribution is 2.21. The summed E-state index contributed by atoms with van der Waals surface area (Å²) in [4.78, 5) is 0. The second-order valence-corrected chi connectivity index (χ2v) is 4.21. The smallest absolute Gasteiger partial charge is 0.0700 e. The Bertz CT molecular complexity index is 320. The van der Waals surface area contributed by atoms with Crippen LogP contribution in [-0.4, -0.2) is 33.5 Å². The van der Waals surface area contributed by atoms with E-state index in [2.05, 4.69) is 12.2 Å². The third-order valence-electron chi connectivity index (χ3n) is 2.50. The highest BCUT2D eigenvalue weighted by atomic mass is 35.5. The molecule has 0 bridgehead atoms. The van der Waals surface area contributed by atoms with Gasteiger partial charge in [0.15, 0.2) is 0 Å². The Hall–Kier alpha value is -0.610. The van der Waals surface area contributed by atoms with Crippen molar-refractivity contribution in [1.29, 1.82) is 0 Å². The lowest BCUT2D eigenvalue weighted by atomic mass is 10.1. The number of benzene rings is 1. The fourth-order valence-electron chi connectivity index (χ4n) is 1.53. The summed E-state index contributed by atoms with van der Waals surface area (Å²) in [5, 5.41) is 4.17. The Morgan fingerprint density at radius 1 is 1.24 bits per heavy atom. The number of methoxy groups -OCH3 is 1. The number of nitrogens with one attached hydrogen (secondary N) is 1. The van der Waals surface area contributed by atoms with Gasteiger partial charge in [0.2, 0.25) is 0 Å². The molecule has 0 aliphatic heterocycles.